The molecule has 0 heterocycles. The van der Waals surface area contributed by atoms with Crippen molar-refractivity contribution in [3.8, 4) is 0 Å². The van der Waals surface area contributed by atoms with E-state index in [9.17, 15) is 14.2 Å². The van der Waals surface area contributed by atoms with Crippen molar-refractivity contribution in [1.82, 2.24) is 0 Å². The van der Waals surface area contributed by atoms with Crippen LogP contribution in [0.3, 0.4) is 0 Å². The fourth-order valence-electron chi connectivity index (χ4n) is 1.16. The second-order valence-corrected chi connectivity index (χ2v) is 5.84. The third-order valence-corrected chi connectivity index (χ3v) is 4.31. The number of ether oxygens (including phenoxy) is 2. The molecule has 6 nitrogen and oxygen atoms in total. The molecule has 0 rings (SSSR count). The van der Waals surface area contributed by atoms with Gasteiger partial charge < -0.3 is 14.0 Å². The minimum absolute atomic E-state index is 0.197. The van der Waals surface area contributed by atoms with Gasteiger partial charge in [-0.2, -0.15) is 0 Å². The summed E-state index contributed by atoms with van der Waals surface area (Å²) in [6, 6.07) is 0. The second kappa shape index (κ2) is 6.66. The van der Waals surface area contributed by atoms with Gasteiger partial charge in [0.2, 0.25) is 7.37 Å². The summed E-state index contributed by atoms with van der Waals surface area (Å²) in [7, 11) is -0.860. The Labute approximate surface area is 94.7 Å². The first-order valence-corrected chi connectivity index (χ1v) is 6.89. The maximum Gasteiger partial charge on any atom is 0.319 e. The van der Waals surface area contributed by atoms with Crippen molar-refractivity contribution in [3.05, 3.63) is 0 Å². The Kier molecular flexibility index (Phi) is 6.29. The molecule has 7 heteroatoms. The van der Waals surface area contributed by atoms with Gasteiger partial charge in [0, 0.05) is 6.66 Å². The van der Waals surface area contributed by atoms with Crippen molar-refractivity contribution in [1.29, 1.82) is 0 Å². The Bertz CT molecular complexity index is 300. The highest BCUT2D eigenvalue weighted by Gasteiger charge is 2.38. The van der Waals surface area contributed by atoms with E-state index in [4.69, 9.17) is 4.52 Å². The second-order valence-electron chi connectivity index (χ2n) is 3.15. The van der Waals surface area contributed by atoms with Crippen LogP contribution in [0, 0.1) is 0 Å². The molecule has 0 fully saturated rings. The zero-order chi connectivity index (χ0) is 12.8. The fraction of sp³-hybridized carbons (Fsp3) is 0.778. The average Bonchev–Trinajstić information content (AvgIpc) is 2.24. The Balaban J connectivity index is 4.86. The van der Waals surface area contributed by atoms with Gasteiger partial charge in [0.25, 0.3) is 0 Å². The predicted molar refractivity (Wildman–Crippen MR) is 57.6 cm³/mol. The Morgan fingerprint density at radius 1 is 1.25 bits per heavy atom. The number of hydrogen-bond acceptors (Lipinski definition) is 6. The first-order valence-electron chi connectivity index (χ1n) is 4.75. The summed E-state index contributed by atoms with van der Waals surface area (Å²) in [6.45, 7) is 3.16. The molecule has 0 radical (unpaired) electrons. The van der Waals surface area contributed by atoms with Crippen LogP contribution >= 0.6 is 7.37 Å². The van der Waals surface area contributed by atoms with Crippen LogP contribution in [0.2, 0.25) is 0 Å². The van der Waals surface area contributed by atoms with Crippen molar-refractivity contribution in [3.63, 3.8) is 0 Å². The van der Waals surface area contributed by atoms with Crippen molar-refractivity contribution < 1.29 is 28.2 Å². The van der Waals surface area contributed by atoms with Gasteiger partial charge in [-0.1, -0.05) is 0 Å². The molecule has 0 aromatic rings. The minimum atomic E-state index is -3.22. The third-order valence-electron chi connectivity index (χ3n) is 2.01. The highest BCUT2D eigenvalue weighted by Crippen LogP contribution is 2.49. The van der Waals surface area contributed by atoms with E-state index in [0.29, 0.717) is 0 Å². The lowest BCUT2D eigenvalue weighted by Crippen LogP contribution is -2.26. The fourth-order valence-corrected chi connectivity index (χ4v) is 2.83. The number of methoxy groups -OCH3 is 2. The molecule has 2 atom stereocenters. The molecule has 0 saturated carbocycles. The lowest BCUT2D eigenvalue weighted by molar-refractivity contribution is -0.147. The van der Waals surface area contributed by atoms with Crippen LogP contribution < -0.4 is 0 Å². The summed E-state index contributed by atoms with van der Waals surface area (Å²) in [5.74, 6) is -1.36. The van der Waals surface area contributed by atoms with Crippen molar-refractivity contribution in [2.75, 3.05) is 27.5 Å². The van der Waals surface area contributed by atoms with Gasteiger partial charge in [0.05, 0.1) is 27.2 Å². The molecule has 0 saturated heterocycles. The third kappa shape index (κ3) is 4.33. The van der Waals surface area contributed by atoms with E-state index in [-0.39, 0.29) is 13.0 Å². The Morgan fingerprint density at radius 3 is 2.19 bits per heavy atom. The van der Waals surface area contributed by atoms with Crippen molar-refractivity contribution in [2.24, 2.45) is 0 Å². The number of carbonyl (C=O) groups is 2. The van der Waals surface area contributed by atoms with Crippen molar-refractivity contribution in [2.45, 2.75) is 19.0 Å². The molecule has 0 aliphatic rings. The zero-order valence-electron chi connectivity index (χ0n) is 9.89. The van der Waals surface area contributed by atoms with Gasteiger partial charge in [-0.3, -0.25) is 14.2 Å². The van der Waals surface area contributed by atoms with E-state index < -0.39 is 25.0 Å². The van der Waals surface area contributed by atoms with Gasteiger partial charge in [0.1, 0.15) is 5.66 Å². The molecular formula is C9H17O6P. The molecule has 0 aliphatic carbocycles. The first-order chi connectivity index (χ1) is 7.38. The monoisotopic (exact) mass is 252 g/mol. The SMILES string of the molecule is CCO[P@](C)(=O)[C@H](CC(=O)OC)C(=O)OC. The van der Waals surface area contributed by atoms with E-state index in [1.54, 1.807) is 6.92 Å². The summed E-state index contributed by atoms with van der Waals surface area (Å²) < 4.78 is 26.0. The summed E-state index contributed by atoms with van der Waals surface area (Å²) in [5, 5.41) is 0. The zero-order valence-corrected chi connectivity index (χ0v) is 10.8. The van der Waals surface area contributed by atoms with Crippen LogP contribution in [-0.2, 0) is 28.2 Å². The smallest absolute Gasteiger partial charge is 0.319 e. The lowest BCUT2D eigenvalue weighted by atomic mass is 10.3. The number of rotatable bonds is 6. The predicted octanol–water partition coefficient (Wildman–Crippen LogP) is 1.04. The minimum Gasteiger partial charge on any atom is -0.469 e. The number of hydrogen-bond donors (Lipinski definition) is 0. The number of esters is 2. The topological polar surface area (TPSA) is 78.9 Å². The van der Waals surface area contributed by atoms with Crippen LogP contribution in [0.4, 0.5) is 0 Å². The maximum atomic E-state index is 12.0. The molecule has 0 spiro atoms. The van der Waals surface area contributed by atoms with Gasteiger partial charge in [-0.25, -0.2) is 0 Å². The molecule has 16 heavy (non-hydrogen) atoms. The van der Waals surface area contributed by atoms with Crippen LogP contribution in [0.25, 0.3) is 0 Å². The molecule has 0 bridgehead atoms. The van der Waals surface area contributed by atoms with Gasteiger partial charge in [-0.05, 0) is 6.92 Å². The van der Waals surface area contributed by atoms with Gasteiger partial charge >= 0.3 is 11.9 Å². The van der Waals surface area contributed by atoms with Crippen LogP contribution in [0.15, 0.2) is 0 Å². The quantitative estimate of drug-likeness (QED) is 0.519. The van der Waals surface area contributed by atoms with E-state index >= 15 is 0 Å². The highest BCUT2D eigenvalue weighted by molar-refractivity contribution is 7.60. The summed E-state index contributed by atoms with van der Waals surface area (Å²) in [6.07, 6.45) is -0.309. The van der Waals surface area contributed by atoms with Gasteiger partial charge in [-0.15, -0.1) is 0 Å². The Hall–Kier alpha value is -0.870. The van der Waals surface area contributed by atoms with E-state index in [1.807, 2.05) is 0 Å². The van der Waals surface area contributed by atoms with Crippen molar-refractivity contribution >= 4 is 19.3 Å². The summed E-state index contributed by atoms with van der Waals surface area (Å²) in [5.41, 5.74) is -1.11. The molecule has 0 amide bonds. The standard InChI is InChI=1S/C9H17O6P/c1-5-15-16(4,12)7(9(11)14-3)6-8(10)13-2/h7H,5-6H2,1-4H3/t7-,16+/m1/s1. The first kappa shape index (κ1) is 15.1. The molecule has 0 aliphatic heterocycles. The van der Waals surface area contributed by atoms with Gasteiger partial charge in [0.15, 0.2) is 0 Å². The van der Waals surface area contributed by atoms with Crippen LogP contribution in [-0.4, -0.2) is 45.1 Å². The highest BCUT2D eigenvalue weighted by atomic mass is 31.2. The molecule has 0 aromatic carbocycles. The molecular weight excluding hydrogens is 235 g/mol. The Morgan fingerprint density at radius 2 is 1.81 bits per heavy atom. The van der Waals surface area contributed by atoms with E-state index in [2.05, 4.69) is 9.47 Å². The van der Waals surface area contributed by atoms with Crippen LogP contribution in [0.1, 0.15) is 13.3 Å². The summed E-state index contributed by atoms with van der Waals surface area (Å²) in [4.78, 5) is 22.5. The largest absolute Gasteiger partial charge is 0.469 e. The lowest BCUT2D eigenvalue weighted by Gasteiger charge is -2.20. The molecule has 0 unspecified atom stereocenters. The molecule has 94 valence electrons. The van der Waals surface area contributed by atoms with E-state index in [1.165, 1.54) is 20.9 Å². The van der Waals surface area contributed by atoms with Crippen LogP contribution in [0.5, 0.6) is 0 Å². The maximum absolute atomic E-state index is 12.0. The average molecular weight is 252 g/mol. The summed E-state index contributed by atoms with van der Waals surface area (Å²) >= 11 is 0. The molecule has 0 N–H and O–H groups in total. The molecule has 0 aromatic heterocycles. The number of carbonyl (C=O) groups excluding carboxylic acids is 2. The van der Waals surface area contributed by atoms with E-state index in [0.717, 1.165) is 0 Å². The normalized spacial score (nSPS) is 16.0.